The fourth-order valence-electron chi connectivity index (χ4n) is 4.42. The van der Waals surface area contributed by atoms with Gasteiger partial charge in [-0.05, 0) is 49.4 Å². The molecule has 1 aromatic rings. The number of hydrogen-bond donors (Lipinski definition) is 1. The summed E-state index contributed by atoms with van der Waals surface area (Å²) in [6, 6.07) is 8.91. The minimum Gasteiger partial charge on any atom is -0.352 e. The smallest absolute Gasteiger partial charge is 0.193 e. The summed E-state index contributed by atoms with van der Waals surface area (Å²) >= 11 is 0. The zero-order chi connectivity index (χ0) is 17.7. The van der Waals surface area contributed by atoms with E-state index in [9.17, 15) is 0 Å². The van der Waals surface area contributed by atoms with Gasteiger partial charge in [0.1, 0.15) is 0 Å². The molecule has 3 rings (SSSR count). The first-order chi connectivity index (χ1) is 12.1. The number of guanidine groups is 1. The van der Waals surface area contributed by atoms with Crippen molar-refractivity contribution in [1.82, 2.24) is 15.1 Å². The second kappa shape index (κ2) is 8.22. The summed E-state index contributed by atoms with van der Waals surface area (Å²) in [5.41, 5.74) is 3.30. The molecule has 138 valence electrons. The van der Waals surface area contributed by atoms with Gasteiger partial charge in [0.15, 0.2) is 5.96 Å². The van der Waals surface area contributed by atoms with Gasteiger partial charge in [-0.15, -0.1) is 0 Å². The number of benzene rings is 1. The summed E-state index contributed by atoms with van der Waals surface area (Å²) < 4.78 is 0. The normalized spacial score (nSPS) is 20.0. The van der Waals surface area contributed by atoms with Gasteiger partial charge < -0.3 is 15.1 Å². The molecule has 0 unspecified atom stereocenters. The molecule has 0 aromatic heterocycles. The van der Waals surface area contributed by atoms with E-state index in [0.29, 0.717) is 5.41 Å². The van der Waals surface area contributed by atoms with Crippen LogP contribution in [0.25, 0.3) is 0 Å². The van der Waals surface area contributed by atoms with E-state index in [1.807, 2.05) is 7.05 Å². The molecule has 4 nitrogen and oxygen atoms in total. The van der Waals surface area contributed by atoms with Crippen molar-refractivity contribution in [3.05, 3.63) is 35.4 Å². The van der Waals surface area contributed by atoms with Crippen LogP contribution < -0.4 is 5.32 Å². The van der Waals surface area contributed by atoms with E-state index in [0.717, 1.165) is 32.1 Å². The Morgan fingerprint density at radius 1 is 1.24 bits per heavy atom. The third-order valence-corrected chi connectivity index (χ3v) is 6.05. The maximum atomic E-state index is 4.55. The molecule has 0 bridgehead atoms. The van der Waals surface area contributed by atoms with Crippen molar-refractivity contribution in [1.29, 1.82) is 0 Å². The van der Waals surface area contributed by atoms with Crippen LogP contribution >= 0.6 is 0 Å². The highest BCUT2D eigenvalue weighted by Gasteiger charge is 2.40. The predicted octanol–water partition coefficient (Wildman–Crippen LogP) is 3.48. The van der Waals surface area contributed by atoms with Gasteiger partial charge >= 0.3 is 0 Å². The molecular formula is C21H34N4. The van der Waals surface area contributed by atoms with E-state index in [1.165, 1.54) is 49.8 Å². The van der Waals surface area contributed by atoms with Crippen LogP contribution in [0.1, 0.15) is 50.2 Å². The molecule has 1 N–H and O–H groups in total. The molecule has 2 aliphatic rings. The highest BCUT2D eigenvalue weighted by atomic mass is 15.3. The minimum atomic E-state index is 0.586. The summed E-state index contributed by atoms with van der Waals surface area (Å²) in [7, 11) is 4.08. The highest BCUT2D eigenvalue weighted by molar-refractivity contribution is 5.80. The Labute approximate surface area is 153 Å². The average molecular weight is 343 g/mol. The lowest BCUT2D eigenvalue weighted by molar-refractivity contribution is 0.309. The van der Waals surface area contributed by atoms with Crippen LogP contribution in [0.15, 0.2) is 29.3 Å². The zero-order valence-electron chi connectivity index (χ0n) is 16.2. The van der Waals surface area contributed by atoms with Crippen LogP contribution in [0.5, 0.6) is 0 Å². The Balaban J connectivity index is 1.56. The molecule has 0 radical (unpaired) electrons. The van der Waals surface area contributed by atoms with Gasteiger partial charge in [0, 0.05) is 33.2 Å². The van der Waals surface area contributed by atoms with Gasteiger partial charge in [-0.3, -0.25) is 4.99 Å². The van der Waals surface area contributed by atoms with Crippen molar-refractivity contribution in [3.63, 3.8) is 0 Å². The highest BCUT2D eigenvalue weighted by Crippen LogP contribution is 2.45. The van der Waals surface area contributed by atoms with Crippen LogP contribution in [0, 0.1) is 5.41 Å². The van der Waals surface area contributed by atoms with Gasteiger partial charge in [0.2, 0.25) is 0 Å². The Kier molecular flexibility index (Phi) is 6.00. The van der Waals surface area contributed by atoms with E-state index in [4.69, 9.17) is 0 Å². The first kappa shape index (κ1) is 18.2. The lowest BCUT2D eigenvalue weighted by Crippen LogP contribution is -2.40. The molecule has 1 aliphatic heterocycles. The second-order valence-electron chi connectivity index (χ2n) is 7.93. The largest absolute Gasteiger partial charge is 0.352 e. The third kappa shape index (κ3) is 4.55. The maximum Gasteiger partial charge on any atom is 0.193 e. The first-order valence-electron chi connectivity index (χ1n) is 9.86. The van der Waals surface area contributed by atoms with Gasteiger partial charge in [0.25, 0.3) is 0 Å². The van der Waals surface area contributed by atoms with Crippen LogP contribution in [0.4, 0.5) is 0 Å². The van der Waals surface area contributed by atoms with Crippen LogP contribution in [0.2, 0.25) is 0 Å². The topological polar surface area (TPSA) is 30.9 Å². The van der Waals surface area contributed by atoms with E-state index in [2.05, 4.69) is 58.3 Å². The molecule has 1 aromatic carbocycles. The average Bonchev–Trinajstić information content (AvgIpc) is 3.26. The van der Waals surface area contributed by atoms with Crippen molar-refractivity contribution in [3.8, 4) is 0 Å². The van der Waals surface area contributed by atoms with E-state index >= 15 is 0 Å². The Morgan fingerprint density at radius 3 is 2.72 bits per heavy atom. The number of likely N-dealkylation sites (tertiary alicyclic amines) is 1. The lowest BCUT2D eigenvalue weighted by Gasteiger charge is -2.26. The first-order valence-corrected chi connectivity index (χ1v) is 9.86. The van der Waals surface area contributed by atoms with Gasteiger partial charge in [-0.25, -0.2) is 0 Å². The fraction of sp³-hybridized carbons (Fsp3) is 0.667. The van der Waals surface area contributed by atoms with Crippen molar-refractivity contribution in [2.75, 3.05) is 33.7 Å². The summed E-state index contributed by atoms with van der Waals surface area (Å²) in [5, 5.41) is 3.59. The predicted molar refractivity (Wildman–Crippen MR) is 106 cm³/mol. The summed E-state index contributed by atoms with van der Waals surface area (Å²) in [5.74, 6) is 1.07. The monoisotopic (exact) mass is 342 g/mol. The number of rotatable bonds is 5. The van der Waals surface area contributed by atoms with Crippen LogP contribution in [-0.2, 0) is 13.1 Å². The number of nitrogens with one attached hydrogen (secondary N) is 1. The molecule has 2 fully saturated rings. The summed E-state index contributed by atoms with van der Waals surface area (Å²) in [4.78, 5) is 9.35. The second-order valence-corrected chi connectivity index (χ2v) is 7.93. The Morgan fingerprint density at radius 2 is 2.00 bits per heavy atom. The molecule has 1 spiro atoms. The lowest BCUT2D eigenvalue weighted by atomic mass is 9.86. The summed E-state index contributed by atoms with van der Waals surface area (Å²) in [6.45, 7) is 7.47. The SMILES string of the molecule is CCN(C)Cc1cccc(CNC(=NC)N2CCC3(CCCC3)C2)c1. The number of hydrogen-bond acceptors (Lipinski definition) is 2. The molecular weight excluding hydrogens is 308 g/mol. The van der Waals surface area contributed by atoms with Crippen LogP contribution in [0.3, 0.4) is 0 Å². The molecule has 1 heterocycles. The van der Waals surface area contributed by atoms with Gasteiger partial charge in [-0.1, -0.05) is 44.0 Å². The molecule has 0 amide bonds. The van der Waals surface area contributed by atoms with Crippen molar-refractivity contribution >= 4 is 5.96 Å². The fourth-order valence-corrected chi connectivity index (χ4v) is 4.42. The standard InChI is InChI=1S/C21H34N4/c1-4-24(3)16-19-9-7-8-18(14-19)15-23-20(22-2)25-13-12-21(17-25)10-5-6-11-21/h7-9,14H,4-6,10-13,15-17H2,1-3H3,(H,22,23). The molecule has 4 heteroatoms. The van der Waals surface area contributed by atoms with Gasteiger partial charge in [0.05, 0.1) is 0 Å². The van der Waals surface area contributed by atoms with Crippen molar-refractivity contribution < 1.29 is 0 Å². The van der Waals surface area contributed by atoms with E-state index in [-0.39, 0.29) is 0 Å². The summed E-state index contributed by atoms with van der Waals surface area (Å²) in [6.07, 6.45) is 6.99. The minimum absolute atomic E-state index is 0.586. The van der Waals surface area contributed by atoms with Crippen molar-refractivity contribution in [2.45, 2.75) is 52.1 Å². The molecule has 0 atom stereocenters. The quantitative estimate of drug-likeness (QED) is 0.656. The molecule has 1 saturated carbocycles. The number of nitrogens with zero attached hydrogens (tertiary/aromatic N) is 3. The van der Waals surface area contributed by atoms with E-state index < -0.39 is 0 Å². The third-order valence-electron chi connectivity index (χ3n) is 6.05. The Hall–Kier alpha value is -1.55. The van der Waals surface area contributed by atoms with Crippen molar-refractivity contribution in [2.24, 2.45) is 10.4 Å². The zero-order valence-corrected chi connectivity index (χ0v) is 16.2. The van der Waals surface area contributed by atoms with Crippen LogP contribution in [-0.4, -0.2) is 49.5 Å². The number of aliphatic imine (C=N–C) groups is 1. The van der Waals surface area contributed by atoms with Gasteiger partial charge in [-0.2, -0.15) is 0 Å². The molecule has 25 heavy (non-hydrogen) atoms. The molecule has 1 saturated heterocycles. The maximum absolute atomic E-state index is 4.55. The van der Waals surface area contributed by atoms with E-state index in [1.54, 1.807) is 0 Å². The molecule has 1 aliphatic carbocycles. The Bertz CT molecular complexity index is 589.